The van der Waals surface area contributed by atoms with Crippen molar-refractivity contribution >= 4 is 33.0 Å². The van der Waals surface area contributed by atoms with Crippen LogP contribution >= 0.6 is 0 Å². The number of hydrogen-bond acceptors (Lipinski definition) is 7. The van der Waals surface area contributed by atoms with Crippen LogP contribution in [0, 0.1) is 6.92 Å². The van der Waals surface area contributed by atoms with Crippen LogP contribution in [0.2, 0.25) is 0 Å². The van der Waals surface area contributed by atoms with Gasteiger partial charge in [-0.05, 0) is 31.2 Å². The number of para-hydroxylation sites is 1. The highest BCUT2D eigenvalue weighted by molar-refractivity contribution is 7.89. The summed E-state index contributed by atoms with van der Waals surface area (Å²) in [5.74, 6) is 0.511. The van der Waals surface area contributed by atoms with Crippen LogP contribution in [0.1, 0.15) is 5.56 Å². The number of benzene rings is 2. The fourth-order valence-corrected chi connectivity index (χ4v) is 2.99. The number of hydrogen-bond donors (Lipinski definition) is 4. The van der Waals surface area contributed by atoms with Gasteiger partial charge in [0.15, 0.2) is 11.6 Å². The molecule has 0 radical (unpaired) electrons. The molecule has 5 N–H and O–H groups in total. The van der Waals surface area contributed by atoms with Gasteiger partial charge < -0.3 is 11.1 Å². The van der Waals surface area contributed by atoms with E-state index in [1.807, 2.05) is 37.3 Å². The molecule has 1 heterocycles. The van der Waals surface area contributed by atoms with Crippen LogP contribution in [0.25, 0.3) is 0 Å². The van der Waals surface area contributed by atoms with E-state index in [2.05, 4.69) is 25.5 Å². The second kappa shape index (κ2) is 7.38. The van der Waals surface area contributed by atoms with E-state index in [-0.39, 0.29) is 16.4 Å². The van der Waals surface area contributed by atoms with E-state index < -0.39 is 10.0 Å². The minimum atomic E-state index is -3.76. The van der Waals surface area contributed by atoms with Crippen molar-refractivity contribution in [2.75, 3.05) is 16.5 Å². The SMILES string of the molecule is Cc1ccc(S(=O)(=O)NNc2ncnc(Nc3ccccc3)c2N)cc1. The molecule has 2 aromatic carbocycles. The van der Waals surface area contributed by atoms with Gasteiger partial charge >= 0.3 is 0 Å². The summed E-state index contributed by atoms with van der Waals surface area (Å²) in [5.41, 5.74) is 10.5. The summed E-state index contributed by atoms with van der Waals surface area (Å²) in [6.45, 7) is 1.88. The molecule has 3 rings (SSSR count). The molecule has 3 aromatic rings. The lowest BCUT2D eigenvalue weighted by atomic mass is 10.2. The Hall–Kier alpha value is -3.17. The number of anilines is 4. The van der Waals surface area contributed by atoms with Gasteiger partial charge in [-0.15, -0.1) is 4.83 Å². The molecule has 0 aliphatic carbocycles. The van der Waals surface area contributed by atoms with E-state index in [9.17, 15) is 8.42 Å². The first kappa shape index (κ1) is 17.6. The van der Waals surface area contributed by atoms with E-state index in [1.54, 1.807) is 12.1 Å². The Kier molecular flexibility index (Phi) is 5.01. The van der Waals surface area contributed by atoms with Gasteiger partial charge in [-0.25, -0.2) is 18.4 Å². The minimum Gasteiger partial charge on any atom is -0.393 e. The Balaban J connectivity index is 1.76. The highest BCUT2D eigenvalue weighted by Gasteiger charge is 2.15. The number of nitrogens with two attached hydrogens (primary N) is 1. The molecular formula is C17H18N6O2S. The predicted molar refractivity (Wildman–Crippen MR) is 101 cm³/mol. The molecule has 0 unspecified atom stereocenters. The molecular weight excluding hydrogens is 352 g/mol. The van der Waals surface area contributed by atoms with Crippen molar-refractivity contribution in [3.63, 3.8) is 0 Å². The summed E-state index contributed by atoms with van der Waals surface area (Å²) in [5, 5.41) is 3.05. The van der Waals surface area contributed by atoms with Crippen LogP contribution in [0.15, 0.2) is 65.8 Å². The lowest BCUT2D eigenvalue weighted by Gasteiger charge is -2.13. The molecule has 0 bridgehead atoms. The van der Waals surface area contributed by atoms with E-state index >= 15 is 0 Å². The molecule has 0 aliphatic rings. The van der Waals surface area contributed by atoms with Crippen LogP contribution in [0.5, 0.6) is 0 Å². The fourth-order valence-electron chi connectivity index (χ4n) is 2.14. The number of hydrazine groups is 1. The van der Waals surface area contributed by atoms with Crippen molar-refractivity contribution in [2.24, 2.45) is 0 Å². The normalized spacial score (nSPS) is 11.1. The number of aromatic nitrogens is 2. The molecule has 134 valence electrons. The van der Waals surface area contributed by atoms with Gasteiger partial charge in [0.1, 0.15) is 12.0 Å². The average Bonchev–Trinajstić information content (AvgIpc) is 2.64. The second-order valence-electron chi connectivity index (χ2n) is 5.52. The highest BCUT2D eigenvalue weighted by Crippen LogP contribution is 2.25. The maximum absolute atomic E-state index is 12.3. The molecule has 0 amide bonds. The van der Waals surface area contributed by atoms with E-state index in [0.29, 0.717) is 5.82 Å². The zero-order valence-corrected chi connectivity index (χ0v) is 14.8. The average molecular weight is 370 g/mol. The van der Waals surface area contributed by atoms with Crippen molar-refractivity contribution in [1.29, 1.82) is 0 Å². The van der Waals surface area contributed by atoms with Crippen LogP contribution in [0.4, 0.5) is 23.0 Å². The molecule has 1 aromatic heterocycles. The predicted octanol–water partition coefficient (Wildman–Crippen LogP) is 2.42. The summed E-state index contributed by atoms with van der Waals surface area (Å²) < 4.78 is 24.7. The highest BCUT2D eigenvalue weighted by atomic mass is 32.2. The third kappa shape index (κ3) is 4.08. The van der Waals surface area contributed by atoms with Gasteiger partial charge in [0.2, 0.25) is 0 Å². The van der Waals surface area contributed by atoms with Crippen LogP contribution in [-0.2, 0) is 10.0 Å². The number of rotatable bonds is 6. The number of aryl methyl sites for hydroxylation is 1. The Morgan fingerprint density at radius 3 is 2.27 bits per heavy atom. The largest absolute Gasteiger partial charge is 0.393 e. The molecule has 0 atom stereocenters. The zero-order valence-electron chi connectivity index (χ0n) is 14.0. The number of nitrogens with one attached hydrogen (secondary N) is 3. The molecule has 0 aliphatic heterocycles. The molecule has 0 saturated carbocycles. The number of nitrogens with zero attached hydrogens (tertiary/aromatic N) is 2. The van der Waals surface area contributed by atoms with Crippen LogP contribution in [0.3, 0.4) is 0 Å². The van der Waals surface area contributed by atoms with Gasteiger partial charge in [0.05, 0.1) is 4.90 Å². The van der Waals surface area contributed by atoms with E-state index in [1.165, 1.54) is 18.5 Å². The molecule has 0 spiro atoms. The third-order valence-corrected chi connectivity index (χ3v) is 4.82. The van der Waals surface area contributed by atoms with Gasteiger partial charge in [-0.2, -0.15) is 0 Å². The quantitative estimate of drug-likeness (QED) is 0.492. The Bertz CT molecular complexity index is 992. The lowest BCUT2D eigenvalue weighted by Crippen LogP contribution is -2.30. The van der Waals surface area contributed by atoms with E-state index in [0.717, 1.165) is 11.3 Å². The fraction of sp³-hybridized carbons (Fsp3) is 0.0588. The molecule has 8 nitrogen and oxygen atoms in total. The van der Waals surface area contributed by atoms with Crippen molar-refractivity contribution in [3.05, 3.63) is 66.5 Å². The Morgan fingerprint density at radius 2 is 1.58 bits per heavy atom. The van der Waals surface area contributed by atoms with Crippen molar-refractivity contribution in [3.8, 4) is 0 Å². The summed E-state index contributed by atoms with van der Waals surface area (Å²) >= 11 is 0. The topological polar surface area (TPSA) is 122 Å². The Morgan fingerprint density at radius 1 is 0.923 bits per heavy atom. The Labute approximate surface area is 151 Å². The van der Waals surface area contributed by atoms with Gasteiger partial charge in [-0.3, -0.25) is 5.43 Å². The maximum atomic E-state index is 12.3. The minimum absolute atomic E-state index is 0.130. The number of sulfonamides is 1. The van der Waals surface area contributed by atoms with Gasteiger partial charge in [-0.1, -0.05) is 35.9 Å². The van der Waals surface area contributed by atoms with Crippen molar-refractivity contribution in [2.45, 2.75) is 11.8 Å². The standard InChI is InChI=1S/C17H18N6O2S/c1-12-7-9-14(10-8-12)26(24,25)23-22-17-15(18)16(19-11-20-17)21-13-5-3-2-4-6-13/h2-11,23H,18H2,1H3,(H2,19,20,21,22). The summed E-state index contributed by atoms with van der Waals surface area (Å²) in [4.78, 5) is 10.5. The molecule has 9 heteroatoms. The first-order chi connectivity index (χ1) is 12.5. The summed E-state index contributed by atoms with van der Waals surface area (Å²) in [7, 11) is -3.76. The zero-order chi connectivity index (χ0) is 18.6. The number of nitrogen functional groups attached to an aromatic ring is 1. The summed E-state index contributed by atoms with van der Waals surface area (Å²) in [6, 6.07) is 15.8. The van der Waals surface area contributed by atoms with Gasteiger partial charge in [0, 0.05) is 5.69 Å². The lowest BCUT2D eigenvalue weighted by molar-refractivity contribution is 0.587. The maximum Gasteiger partial charge on any atom is 0.257 e. The molecule has 0 fully saturated rings. The van der Waals surface area contributed by atoms with Crippen LogP contribution < -0.4 is 21.3 Å². The first-order valence-corrected chi connectivity index (χ1v) is 9.21. The summed E-state index contributed by atoms with van der Waals surface area (Å²) in [6.07, 6.45) is 1.28. The van der Waals surface area contributed by atoms with Crippen molar-refractivity contribution < 1.29 is 8.42 Å². The van der Waals surface area contributed by atoms with Crippen molar-refractivity contribution in [1.82, 2.24) is 14.8 Å². The first-order valence-electron chi connectivity index (χ1n) is 7.73. The van der Waals surface area contributed by atoms with Gasteiger partial charge in [0.25, 0.3) is 10.0 Å². The van der Waals surface area contributed by atoms with E-state index in [4.69, 9.17) is 5.73 Å². The van der Waals surface area contributed by atoms with Crippen LogP contribution in [-0.4, -0.2) is 18.4 Å². The smallest absolute Gasteiger partial charge is 0.257 e. The third-order valence-electron chi connectivity index (χ3n) is 3.56. The molecule has 0 saturated heterocycles. The second-order valence-corrected chi connectivity index (χ2v) is 7.20. The monoisotopic (exact) mass is 370 g/mol. The molecule has 26 heavy (non-hydrogen) atoms.